The number of hydrogen-bond donors (Lipinski definition) is 0. The number of nitrogens with zero attached hydrogens (tertiary/aromatic N) is 1. The van der Waals surface area contributed by atoms with Crippen molar-refractivity contribution in [2.24, 2.45) is 0 Å². The van der Waals surface area contributed by atoms with Gasteiger partial charge in [0.15, 0.2) is 5.78 Å². The third-order valence-electron chi connectivity index (χ3n) is 4.49. The summed E-state index contributed by atoms with van der Waals surface area (Å²) in [6.07, 6.45) is 2.09. The number of rotatable bonds is 3. The van der Waals surface area contributed by atoms with Crippen molar-refractivity contribution in [2.75, 3.05) is 18.8 Å². The van der Waals surface area contributed by atoms with E-state index < -0.39 is 15.6 Å². The Balaban J connectivity index is 1.75. The molecule has 1 spiro atoms. The highest BCUT2D eigenvalue weighted by atomic mass is 32.2. The Kier molecular flexibility index (Phi) is 3.99. The molecule has 2 aliphatic rings. The average Bonchev–Trinajstić information content (AvgIpc) is 2.47. The van der Waals surface area contributed by atoms with E-state index in [0.717, 1.165) is 0 Å². The molecular formula is C16H21NO4S. The average molecular weight is 323 g/mol. The first kappa shape index (κ1) is 15.5. The van der Waals surface area contributed by atoms with Gasteiger partial charge in [-0.25, -0.2) is 12.7 Å². The fourth-order valence-corrected chi connectivity index (χ4v) is 4.79. The molecule has 0 N–H and O–H groups in total. The van der Waals surface area contributed by atoms with Crippen LogP contribution >= 0.6 is 0 Å². The standard InChI is InChI=1S/C16H21NO4S/c1-2-11-22(19,20)17-9-7-16(8-10-17)12-14(18)13-5-3-4-6-15(13)21-16/h3-6H,2,7-12H2,1H3. The Morgan fingerprint density at radius 1 is 1.23 bits per heavy atom. The predicted octanol–water partition coefficient (Wildman–Crippen LogP) is 2.23. The lowest BCUT2D eigenvalue weighted by molar-refractivity contribution is 0.00592. The summed E-state index contributed by atoms with van der Waals surface area (Å²) in [6, 6.07) is 7.28. The van der Waals surface area contributed by atoms with Gasteiger partial charge in [0, 0.05) is 25.9 Å². The van der Waals surface area contributed by atoms with Crippen molar-refractivity contribution in [1.82, 2.24) is 4.31 Å². The van der Waals surface area contributed by atoms with Crippen LogP contribution in [0.5, 0.6) is 5.75 Å². The fraction of sp³-hybridized carbons (Fsp3) is 0.562. The Morgan fingerprint density at radius 2 is 1.91 bits per heavy atom. The van der Waals surface area contributed by atoms with Crippen LogP contribution in [-0.4, -0.2) is 42.9 Å². The smallest absolute Gasteiger partial charge is 0.214 e. The molecule has 0 unspecified atom stereocenters. The fourth-order valence-electron chi connectivity index (χ4n) is 3.28. The van der Waals surface area contributed by atoms with Crippen LogP contribution in [0, 0.1) is 0 Å². The van der Waals surface area contributed by atoms with Crippen LogP contribution < -0.4 is 4.74 Å². The molecule has 6 heteroatoms. The summed E-state index contributed by atoms with van der Waals surface area (Å²) in [7, 11) is -3.17. The van der Waals surface area contributed by atoms with E-state index in [1.165, 1.54) is 4.31 Å². The van der Waals surface area contributed by atoms with E-state index in [2.05, 4.69) is 0 Å². The highest BCUT2D eigenvalue weighted by molar-refractivity contribution is 7.89. The van der Waals surface area contributed by atoms with Crippen molar-refractivity contribution in [2.45, 2.75) is 38.2 Å². The SMILES string of the molecule is CCCS(=O)(=O)N1CCC2(CC1)CC(=O)c1ccccc1O2. The Morgan fingerprint density at radius 3 is 2.59 bits per heavy atom. The number of para-hydroxylation sites is 1. The summed E-state index contributed by atoms with van der Waals surface area (Å²) in [5, 5.41) is 0. The molecule has 1 saturated heterocycles. The maximum Gasteiger partial charge on any atom is 0.214 e. The summed E-state index contributed by atoms with van der Waals surface area (Å²) in [6.45, 7) is 2.72. The molecule has 0 amide bonds. The molecule has 2 heterocycles. The highest BCUT2D eigenvalue weighted by Crippen LogP contribution is 2.39. The summed E-state index contributed by atoms with van der Waals surface area (Å²) >= 11 is 0. The number of Topliss-reactive ketones (excluding diaryl/α,β-unsaturated/α-hetero) is 1. The van der Waals surface area contributed by atoms with Gasteiger partial charge in [0.25, 0.3) is 0 Å². The van der Waals surface area contributed by atoms with E-state index in [1.807, 2.05) is 25.1 Å². The van der Waals surface area contributed by atoms with Gasteiger partial charge in [-0.05, 0) is 18.6 Å². The summed E-state index contributed by atoms with van der Waals surface area (Å²) in [4.78, 5) is 12.3. The number of ketones is 1. The van der Waals surface area contributed by atoms with Crippen LogP contribution in [-0.2, 0) is 10.0 Å². The molecule has 0 atom stereocenters. The van der Waals surface area contributed by atoms with Crippen LogP contribution in [0.15, 0.2) is 24.3 Å². The largest absolute Gasteiger partial charge is 0.486 e. The van der Waals surface area contributed by atoms with Gasteiger partial charge in [-0.15, -0.1) is 0 Å². The summed E-state index contributed by atoms with van der Waals surface area (Å²) < 4.78 is 31.9. The second-order valence-corrected chi connectivity index (χ2v) is 8.18. The van der Waals surface area contributed by atoms with Gasteiger partial charge < -0.3 is 4.74 Å². The molecule has 0 saturated carbocycles. The summed E-state index contributed by atoms with van der Waals surface area (Å²) in [5.41, 5.74) is 0.0955. The molecular weight excluding hydrogens is 302 g/mol. The van der Waals surface area contributed by atoms with Gasteiger partial charge in [0.2, 0.25) is 10.0 Å². The Bertz CT molecular complexity index is 675. The number of fused-ring (bicyclic) bond motifs is 1. The Labute approximate surface area is 131 Å². The lowest BCUT2D eigenvalue weighted by Crippen LogP contribution is -2.52. The Hall–Kier alpha value is -1.40. The number of piperidine rings is 1. The number of carbonyl (C=O) groups excluding carboxylic acids is 1. The molecule has 0 aliphatic carbocycles. The van der Waals surface area contributed by atoms with E-state index in [9.17, 15) is 13.2 Å². The maximum absolute atomic E-state index is 12.3. The van der Waals surface area contributed by atoms with Crippen molar-refractivity contribution in [3.05, 3.63) is 29.8 Å². The van der Waals surface area contributed by atoms with E-state index in [1.54, 1.807) is 6.07 Å². The second kappa shape index (κ2) is 5.66. The van der Waals surface area contributed by atoms with Gasteiger partial charge >= 0.3 is 0 Å². The zero-order valence-electron chi connectivity index (χ0n) is 12.7. The van der Waals surface area contributed by atoms with Gasteiger partial charge in [-0.2, -0.15) is 0 Å². The zero-order chi connectivity index (χ0) is 15.8. The van der Waals surface area contributed by atoms with Crippen molar-refractivity contribution >= 4 is 15.8 Å². The summed E-state index contributed by atoms with van der Waals surface area (Å²) in [5.74, 6) is 0.901. The van der Waals surface area contributed by atoms with Crippen molar-refractivity contribution in [1.29, 1.82) is 0 Å². The minimum atomic E-state index is -3.17. The minimum absolute atomic E-state index is 0.0896. The molecule has 0 radical (unpaired) electrons. The molecule has 5 nitrogen and oxygen atoms in total. The van der Waals surface area contributed by atoms with Crippen molar-refractivity contribution in [3.8, 4) is 5.75 Å². The van der Waals surface area contributed by atoms with Crippen LogP contribution in [0.1, 0.15) is 43.0 Å². The second-order valence-electron chi connectivity index (χ2n) is 6.10. The monoisotopic (exact) mass is 323 g/mol. The first-order chi connectivity index (χ1) is 10.5. The lowest BCUT2D eigenvalue weighted by atomic mass is 9.83. The van der Waals surface area contributed by atoms with Gasteiger partial charge in [0.1, 0.15) is 11.4 Å². The number of sulfonamides is 1. The number of benzene rings is 1. The van der Waals surface area contributed by atoms with E-state index in [-0.39, 0.29) is 11.5 Å². The van der Waals surface area contributed by atoms with Crippen LogP contribution in [0.3, 0.4) is 0 Å². The predicted molar refractivity (Wildman–Crippen MR) is 83.6 cm³/mol. The molecule has 1 fully saturated rings. The maximum atomic E-state index is 12.3. The van der Waals surface area contributed by atoms with Gasteiger partial charge in [-0.1, -0.05) is 19.1 Å². The lowest BCUT2D eigenvalue weighted by Gasteiger charge is -2.43. The molecule has 1 aromatic rings. The minimum Gasteiger partial charge on any atom is -0.486 e. The van der Waals surface area contributed by atoms with Crippen LogP contribution in [0.25, 0.3) is 0 Å². The first-order valence-corrected chi connectivity index (χ1v) is 9.36. The number of hydrogen-bond acceptors (Lipinski definition) is 4. The third kappa shape index (κ3) is 2.77. The van der Waals surface area contributed by atoms with Crippen LogP contribution in [0.2, 0.25) is 0 Å². The normalized spacial score (nSPS) is 21.4. The highest BCUT2D eigenvalue weighted by Gasteiger charge is 2.44. The van der Waals surface area contributed by atoms with Crippen molar-refractivity contribution in [3.63, 3.8) is 0 Å². The molecule has 0 aromatic heterocycles. The molecule has 1 aromatic carbocycles. The van der Waals surface area contributed by atoms with E-state index in [0.29, 0.717) is 50.1 Å². The van der Waals surface area contributed by atoms with Gasteiger partial charge in [-0.3, -0.25) is 4.79 Å². The van der Waals surface area contributed by atoms with E-state index >= 15 is 0 Å². The molecule has 120 valence electrons. The molecule has 3 rings (SSSR count). The topological polar surface area (TPSA) is 63.7 Å². The first-order valence-electron chi connectivity index (χ1n) is 7.75. The zero-order valence-corrected chi connectivity index (χ0v) is 13.6. The number of ether oxygens (including phenoxy) is 1. The molecule has 2 aliphatic heterocycles. The van der Waals surface area contributed by atoms with Gasteiger partial charge in [0.05, 0.1) is 17.7 Å². The van der Waals surface area contributed by atoms with E-state index in [4.69, 9.17) is 4.74 Å². The quantitative estimate of drug-likeness (QED) is 0.855. The van der Waals surface area contributed by atoms with Crippen molar-refractivity contribution < 1.29 is 17.9 Å². The van der Waals surface area contributed by atoms with Crippen LogP contribution in [0.4, 0.5) is 0 Å². The third-order valence-corrected chi connectivity index (χ3v) is 6.56. The number of carbonyl (C=O) groups is 1. The molecule has 0 bridgehead atoms. The molecule has 22 heavy (non-hydrogen) atoms.